The summed E-state index contributed by atoms with van der Waals surface area (Å²) in [5.74, 6) is -0.344. The summed E-state index contributed by atoms with van der Waals surface area (Å²) in [6, 6.07) is 10.8. The predicted molar refractivity (Wildman–Crippen MR) is 78.3 cm³/mol. The summed E-state index contributed by atoms with van der Waals surface area (Å²) in [7, 11) is 0. The van der Waals surface area contributed by atoms with Crippen molar-refractivity contribution in [2.45, 2.75) is 19.8 Å². The second kappa shape index (κ2) is 5.08. The second-order valence-electron chi connectivity index (χ2n) is 5.18. The number of carbonyl (C=O) groups excluding carboxylic acids is 1. The summed E-state index contributed by atoms with van der Waals surface area (Å²) in [4.78, 5) is 13.1. The van der Waals surface area contributed by atoms with Gasteiger partial charge in [-0.3, -0.25) is 4.79 Å². The molecule has 102 valence electrons. The molecule has 1 aliphatic rings. The molecule has 1 heterocycles. The van der Waals surface area contributed by atoms with Gasteiger partial charge in [-0.05, 0) is 43.5 Å². The molecule has 0 N–H and O–H groups in total. The lowest BCUT2D eigenvalue weighted by Crippen LogP contribution is -2.26. The Labute approximate surface area is 117 Å². The van der Waals surface area contributed by atoms with Crippen molar-refractivity contribution in [1.82, 2.24) is 0 Å². The van der Waals surface area contributed by atoms with Crippen LogP contribution >= 0.6 is 0 Å². The molecule has 0 aliphatic carbocycles. The number of anilines is 2. The van der Waals surface area contributed by atoms with E-state index in [9.17, 15) is 9.18 Å². The standard InChI is InChI=1S/C17H16FNO/c1-12-7-8-16-13(10-12)5-3-9-19(16)17-14(11-20)4-2-6-15(17)18/h2,4,6-8,10-11H,3,5,9H2,1H3. The lowest BCUT2D eigenvalue weighted by Gasteiger charge is -2.32. The van der Waals surface area contributed by atoms with Crippen molar-refractivity contribution in [1.29, 1.82) is 0 Å². The van der Waals surface area contributed by atoms with Crippen LogP contribution in [-0.4, -0.2) is 12.8 Å². The summed E-state index contributed by atoms with van der Waals surface area (Å²) >= 11 is 0. The van der Waals surface area contributed by atoms with Crippen LogP contribution in [0.4, 0.5) is 15.8 Å². The molecule has 0 fully saturated rings. The Morgan fingerprint density at radius 1 is 1.25 bits per heavy atom. The molecule has 0 saturated heterocycles. The molecule has 2 aromatic rings. The maximum absolute atomic E-state index is 14.2. The molecule has 0 spiro atoms. The van der Waals surface area contributed by atoms with E-state index < -0.39 is 0 Å². The van der Waals surface area contributed by atoms with Crippen LogP contribution < -0.4 is 4.90 Å². The van der Waals surface area contributed by atoms with E-state index >= 15 is 0 Å². The Hall–Kier alpha value is -2.16. The van der Waals surface area contributed by atoms with Crippen molar-refractivity contribution in [3.8, 4) is 0 Å². The van der Waals surface area contributed by atoms with Crippen LogP contribution in [0.1, 0.15) is 27.9 Å². The van der Waals surface area contributed by atoms with Crippen LogP contribution in [0.5, 0.6) is 0 Å². The van der Waals surface area contributed by atoms with Crippen LogP contribution in [0, 0.1) is 12.7 Å². The first-order valence-electron chi connectivity index (χ1n) is 6.81. The molecule has 3 rings (SSSR count). The van der Waals surface area contributed by atoms with Crippen molar-refractivity contribution in [3.05, 3.63) is 58.9 Å². The van der Waals surface area contributed by atoms with Gasteiger partial charge < -0.3 is 4.90 Å². The highest BCUT2D eigenvalue weighted by atomic mass is 19.1. The van der Waals surface area contributed by atoms with Crippen LogP contribution in [0.25, 0.3) is 0 Å². The Morgan fingerprint density at radius 3 is 2.90 bits per heavy atom. The highest BCUT2D eigenvalue weighted by Crippen LogP contribution is 2.36. The molecular formula is C17H16FNO. The summed E-state index contributed by atoms with van der Waals surface area (Å²) < 4.78 is 14.2. The van der Waals surface area contributed by atoms with Crippen LogP contribution in [0.3, 0.4) is 0 Å². The van der Waals surface area contributed by atoms with Gasteiger partial charge in [-0.25, -0.2) is 4.39 Å². The Bertz CT molecular complexity index is 666. The zero-order valence-electron chi connectivity index (χ0n) is 11.4. The number of para-hydroxylation sites is 1. The first-order valence-corrected chi connectivity index (χ1v) is 6.81. The Balaban J connectivity index is 2.16. The van der Waals surface area contributed by atoms with Crippen molar-refractivity contribution in [3.63, 3.8) is 0 Å². The normalized spacial score (nSPS) is 14.0. The number of carbonyl (C=O) groups is 1. The lowest BCUT2D eigenvalue weighted by molar-refractivity contribution is 0.112. The summed E-state index contributed by atoms with van der Waals surface area (Å²) in [5, 5.41) is 0. The minimum absolute atomic E-state index is 0.344. The van der Waals surface area contributed by atoms with Gasteiger partial charge in [0, 0.05) is 17.8 Å². The number of hydrogen-bond donors (Lipinski definition) is 0. The third-order valence-corrected chi connectivity index (χ3v) is 3.77. The molecule has 0 radical (unpaired) electrons. The van der Waals surface area contributed by atoms with Crippen molar-refractivity contribution < 1.29 is 9.18 Å². The molecule has 3 heteroatoms. The topological polar surface area (TPSA) is 20.3 Å². The number of hydrogen-bond acceptors (Lipinski definition) is 2. The summed E-state index contributed by atoms with van der Waals surface area (Å²) in [6.45, 7) is 2.79. The molecule has 2 nitrogen and oxygen atoms in total. The minimum Gasteiger partial charge on any atom is -0.338 e. The fraction of sp³-hybridized carbons (Fsp3) is 0.235. The molecule has 2 aromatic carbocycles. The molecule has 1 aliphatic heterocycles. The van der Waals surface area contributed by atoms with Gasteiger partial charge in [0.1, 0.15) is 5.82 Å². The van der Waals surface area contributed by atoms with E-state index in [0.717, 1.165) is 31.4 Å². The first-order chi connectivity index (χ1) is 9.70. The number of nitrogens with zero attached hydrogens (tertiary/aromatic N) is 1. The first kappa shape index (κ1) is 12.9. The summed E-state index contributed by atoms with van der Waals surface area (Å²) in [5.41, 5.74) is 4.23. The molecule has 0 saturated carbocycles. The van der Waals surface area contributed by atoms with Crippen molar-refractivity contribution >= 4 is 17.7 Å². The van der Waals surface area contributed by atoms with E-state index in [1.54, 1.807) is 12.1 Å². The fourth-order valence-electron chi connectivity index (χ4n) is 2.87. The fourth-order valence-corrected chi connectivity index (χ4v) is 2.87. The molecule has 20 heavy (non-hydrogen) atoms. The SMILES string of the molecule is Cc1ccc2c(c1)CCCN2c1c(F)cccc1C=O. The van der Waals surface area contributed by atoms with E-state index in [2.05, 4.69) is 13.0 Å². The molecular weight excluding hydrogens is 253 g/mol. The molecule has 0 bridgehead atoms. The highest BCUT2D eigenvalue weighted by molar-refractivity contribution is 5.87. The number of halogens is 1. The monoisotopic (exact) mass is 269 g/mol. The molecule has 0 aromatic heterocycles. The quantitative estimate of drug-likeness (QED) is 0.767. The van der Waals surface area contributed by atoms with Gasteiger partial charge in [0.05, 0.1) is 5.69 Å². The predicted octanol–water partition coefficient (Wildman–Crippen LogP) is 4.03. The Kier molecular flexibility index (Phi) is 3.26. The largest absolute Gasteiger partial charge is 0.338 e. The second-order valence-corrected chi connectivity index (χ2v) is 5.18. The zero-order chi connectivity index (χ0) is 14.1. The van der Waals surface area contributed by atoms with E-state index in [-0.39, 0.29) is 5.82 Å². The molecule has 0 atom stereocenters. The minimum atomic E-state index is -0.344. The molecule has 0 unspecified atom stereocenters. The average molecular weight is 269 g/mol. The van der Waals surface area contributed by atoms with Crippen molar-refractivity contribution in [2.75, 3.05) is 11.4 Å². The van der Waals surface area contributed by atoms with Gasteiger partial charge in [0.2, 0.25) is 0 Å². The van der Waals surface area contributed by atoms with Gasteiger partial charge >= 0.3 is 0 Å². The number of aldehydes is 1. The third kappa shape index (κ3) is 2.09. The van der Waals surface area contributed by atoms with Gasteiger partial charge in [0.25, 0.3) is 0 Å². The third-order valence-electron chi connectivity index (χ3n) is 3.77. The van der Waals surface area contributed by atoms with E-state index in [0.29, 0.717) is 11.3 Å². The zero-order valence-corrected chi connectivity index (χ0v) is 11.4. The smallest absolute Gasteiger partial charge is 0.152 e. The van der Waals surface area contributed by atoms with Gasteiger partial charge in [-0.15, -0.1) is 0 Å². The molecule has 0 amide bonds. The number of aryl methyl sites for hydroxylation is 2. The van der Waals surface area contributed by atoms with Crippen molar-refractivity contribution in [2.24, 2.45) is 0 Å². The lowest BCUT2D eigenvalue weighted by atomic mass is 9.98. The number of benzene rings is 2. The van der Waals surface area contributed by atoms with E-state index in [1.807, 2.05) is 17.0 Å². The number of rotatable bonds is 2. The van der Waals surface area contributed by atoms with Crippen LogP contribution in [0.15, 0.2) is 36.4 Å². The summed E-state index contributed by atoms with van der Waals surface area (Å²) in [6.07, 6.45) is 2.68. The number of fused-ring (bicyclic) bond motifs is 1. The van der Waals surface area contributed by atoms with Gasteiger partial charge in [-0.2, -0.15) is 0 Å². The van der Waals surface area contributed by atoms with Gasteiger partial charge in [-0.1, -0.05) is 23.8 Å². The maximum atomic E-state index is 14.2. The average Bonchev–Trinajstić information content (AvgIpc) is 2.46. The van der Waals surface area contributed by atoms with E-state index in [4.69, 9.17) is 0 Å². The van der Waals surface area contributed by atoms with Crippen LogP contribution in [-0.2, 0) is 6.42 Å². The Morgan fingerprint density at radius 2 is 2.10 bits per heavy atom. The van der Waals surface area contributed by atoms with Gasteiger partial charge in [0.15, 0.2) is 6.29 Å². The maximum Gasteiger partial charge on any atom is 0.152 e. The highest BCUT2D eigenvalue weighted by Gasteiger charge is 2.22. The van der Waals surface area contributed by atoms with Crippen LogP contribution in [0.2, 0.25) is 0 Å². The van der Waals surface area contributed by atoms with E-state index in [1.165, 1.54) is 17.2 Å².